The summed E-state index contributed by atoms with van der Waals surface area (Å²) in [5.74, 6) is 0. The maximum atomic E-state index is 10.7. The predicted octanol–water partition coefficient (Wildman–Crippen LogP) is 3.49. The molecule has 1 aromatic rings. The second-order valence-corrected chi connectivity index (χ2v) is 6.13. The van der Waals surface area contributed by atoms with Crippen LogP contribution < -0.4 is 0 Å². The van der Waals surface area contributed by atoms with Gasteiger partial charge in [0.2, 0.25) is 6.29 Å². The van der Waals surface area contributed by atoms with Gasteiger partial charge in [-0.2, -0.15) is 0 Å². The molecule has 0 bridgehead atoms. The van der Waals surface area contributed by atoms with Gasteiger partial charge in [-0.05, 0) is 40.9 Å². The molecule has 1 aliphatic carbocycles. The van der Waals surface area contributed by atoms with E-state index in [1.807, 2.05) is 18.4 Å². The molecule has 0 unspecified atom stereocenters. The standard InChI is InChI=1S/C15H19O/c1-14(2)7-8-15(3,4)13-9-11(10-16)5-6-12(13)14/h5-6,9H,7-8H2,1-4H3. The summed E-state index contributed by atoms with van der Waals surface area (Å²) in [5.41, 5.74) is 3.79. The molecule has 0 saturated heterocycles. The summed E-state index contributed by atoms with van der Waals surface area (Å²) in [6, 6.07) is 6.01. The fourth-order valence-corrected chi connectivity index (χ4v) is 2.65. The lowest BCUT2D eigenvalue weighted by atomic mass is 9.63. The Kier molecular flexibility index (Phi) is 2.45. The molecule has 1 aromatic carbocycles. The minimum atomic E-state index is 0.178. The van der Waals surface area contributed by atoms with Crippen molar-refractivity contribution in [2.24, 2.45) is 0 Å². The van der Waals surface area contributed by atoms with Gasteiger partial charge < -0.3 is 0 Å². The lowest BCUT2D eigenvalue weighted by molar-refractivity contribution is 0.332. The molecule has 0 heterocycles. The van der Waals surface area contributed by atoms with Crippen LogP contribution >= 0.6 is 0 Å². The van der Waals surface area contributed by atoms with Gasteiger partial charge in [-0.1, -0.05) is 39.8 Å². The van der Waals surface area contributed by atoms with E-state index in [-0.39, 0.29) is 10.8 Å². The van der Waals surface area contributed by atoms with E-state index in [0.29, 0.717) is 5.56 Å². The minimum absolute atomic E-state index is 0.178. The fourth-order valence-electron chi connectivity index (χ4n) is 2.65. The number of rotatable bonds is 1. The van der Waals surface area contributed by atoms with Crippen molar-refractivity contribution in [2.75, 3.05) is 0 Å². The van der Waals surface area contributed by atoms with Crippen molar-refractivity contribution in [1.29, 1.82) is 0 Å². The Balaban J connectivity index is 2.65. The third-order valence-electron chi connectivity index (χ3n) is 3.97. The molecule has 0 aromatic heterocycles. The first-order valence-electron chi connectivity index (χ1n) is 5.90. The van der Waals surface area contributed by atoms with Gasteiger partial charge in [0, 0.05) is 5.56 Å². The first-order chi connectivity index (χ1) is 7.37. The molecule has 1 heteroatoms. The summed E-state index contributed by atoms with van der Waals surface area (Å²) < 4.78 is 0. The molecule has 0 N–H and O–H groups in total. The average Bonchev–Trinajstić information content (AvgIpc) is 2.24. The Labute approximate surface area is 97.9 Å². The smallest absolute Gasteiger partial charge is 0.233 e. The maximum Gasteiger partial charge on any atom is 0.233 e. The number of carbonyl (C=O) groups excluding carboxylic acids is 1. The van der Waals surface area contributed by atoms with E-state index in [4.69, 9.17) is 0 Å². The second kappa shape index (κ2) is 3.44. The van der Waals surface area contributed by atoms with Crippen LogP contribution in [0.15, 0.2) is 18.2 Å². The number of benzene rings is 1. The van der Waals surface area contributed by atoms with Crippen LogP contribution in [0.4, 0.5) is 0 Å². The SMILES string of the molecule is CC1(C)CCC(C)(C)c2cc([C]=O)ccc21. The molecule has 0 aliphatic heterocycles. The molecule has 0 saturated carbocycles. The molecular formula is C15H19O. The number of hydrogen-bond donors (Lipinski definition) is 0. The molecule has 1 nitrogen and oxygen atoms in total. The number of fused-ring (bicyclic) bond motifs is 1. The van der Waals surface area contributed by atoms with Crippen molar-refractivity contribution in [1.82, 2.24) is 0 Å². The van der Waals surface area contributed by atoms with E-state index in [1.54, 1.807) is 0 Å². The van der Waals surface area contributed by atoms with Crippen LogP contribution in [-0.4, -0.2) is 6.29 Å². The van der Waals surface area contributed by atoms with E-state index < -0.39 is 0 Å². The van der Waals surface area contributed by atoms with Crippen LogP contribution in [-0.2, 0) is 15.6 Å². The average molecular weight is 215 g/mol. The first kappa shape index (κ1) is 11.4. The highest BCUT2D eigenvalue weighted by Crippen LogP contribution is 2.45. The highest BCUT2D eigenvalue weighted by Gasteiger charge is 2.36. The lowest BCUT2D eigenvalue weighted by Gasteiger charge is -2.41. The van der Waals surface area contributed by atoms with Crippen LogP contribution in [0.25, 0.3) is 0 Å². The van der Waals surface area contributed by atoms with Gasteiger partial charge in [0.1, 0.15) is 0 Å². The largest absolute Gasteiger partial charge is 0.285 e. The maximum absolute atomic E-state index is 10.7. The van der Waals surface area contributed by atoms with Crippen molar-refractivity contribution in [3.05, 3.63) is 34.9 Å². The zero-order chi connectivity index (χ0) is 12.0. The normalized spacial score (nSPS) is 21.2. The Morgan fingerprint density at radius 3 is 2.12 bits per heavy atom. The van der Waals surface area contributed by atoms with Gasteiger partial charge in [-0.25, -0.2) is 0 Å². The summed E-state index contributed by atoms with van der Waals surface area (Å²) in [5, 5.41) is 0. The zero-order valence-corrected chi connectivity index (χ0v) is 10.6. The van der Waals surface area contributed by atoms with Gasteiger partial charge in [0.15, 0.2) is 0 Å². The molecule has 0 amide bonds. The van der Waals surface area contributed by atoms with Gasteiger partial charge in [-0.15, -0.1) is 0 Å². The van der Waals surface area contributed by atoms with Gasteiger partial charge in [0.05, 0.1) is 0 Å². The van der Waals surface area contributed by atoms with Crippen molar-refractivity contribution in [2.45, 2.75) is 51.4 Å². The summed E-state index contributed by atoms with van der Waals surface area (Å²) in [6.07, 6.45) is 4.37. The molecule has 1 radical (unpaired) electrons. The van der Waals surface area contributed by atoms with Crippen molar-refractivity contribution >= 4 is 6.29 Å². The third-order valence-corrected chi connectivity index (χ3v) is 3.97. The molecule has 2 rings (SSSR count). The molecule has 1 aliphatic rings. The van der Waals surface area contributed by atoms with E-state index >= 15 is 0 Å². The quantitative estimate of drug-likeness (QED) is 0.700. The van der Waals surface area contributed by atoms with Gasteiger partial charge in [-0.3, -0.25) is 4.79 Å². The van der Waals surface area contributed by atoms with Crippen LogP contribution in [0.2, 0.25) is 0 Å². The van der Waals surface area contributed by atoms with Crippen molar-refractivity contribution < 1.29 is 4.79 Å². The Morgan fingerprint density at radius 2 is 1.56 bits per heavy atom. The monoisotopic (exact) mass is 215 g/mol. The molecule has 0 fully saturated rings. The summed E-state index contributed by atoms with van der Waals surface area (Å²) in [6.45, 7) is 9.09. The third kappa shape index (κ3) is 1.68. The Morgan fingerprint density at radius 1 is 1.00 bits per heavy atom. The summed E-state index contributed by atoms with van der Waals surface area (Å²) in [7, 11) is 0. The predicted molar refractivity (Wildman–Crippen MR) is 66.5 cm³/mol. The zero-order valence-electron chi connectivity index (χ0n) is 10.6. The van der Waals surface area contributed by atoms with Gasteiger partial charge >= 0.3 is 0 Å². The van der Waals surface area contributed by atoms with E-state index in [9.17, 15) is 4.79 Å². The first-order valence-corrected chi connectivity index (χ1v) is 5.90. The highest BCUT2D eigenvalue weighted by molar-refractivity contribution is 5.76. The van der Waals surface area contributed by atoms with E-state index in [2.05, 4.69) is 33.8 Å². The van der Waals surface area contributed by atoms with E-state index in [1.165, 1.54) is 24.0 Å². The highest BCUT2D eigenvalue weighted by atomic mass is 16.1. The molecule has 85 valence electrons. The fraction of sp³-hybridized carbons (Fsp3) is 0.533. The second-order valence-electron chi connectivity index (χ2n) is 6.13. The Bertz CT molecular complexity index is 427. The van der Waals surface area contributed by atoms with Crippen LogP contribution in [0.1, 0.15) is 57.2 Å². The topological polar surface area (TPSA) is 17.1 Å². The Hall–Kier alpha value is -1.11. The van der Waals surface area contributed by atoms with Gasteiger partial charge in [0.25, 0.3) is 0 Å². The summed E-state index contributed by atoms with van der Waals surface area (Å²) in [4.78, 5) is 10.7. The van der Waals surface area contributed by atoms with Crippen LogP contribution in [0, 0.1) is 0 Å². The lowest BCUT2D eigenvalue weighted by Crippen LogP contribution is -2.33. The molecule has 0 atom stereocenters. The molecular weight excluding hydrogens is 196 g/mol. The van der Waals surface area contributed by atoms with Crippen LogP contribution in [0.3, 0.4) is 0 Å². The summed E-state index contributed by atoms with van der Waals surface area (Å²) >= 11 is 0. The van der Waals surface area contributed by atoms with Crippen molar-refractivity contribution in [3.8, 4) is 0 Å². The number of hydrogen-bond acceptors (Lipinski definition) is 1. The molecule has 16 heavy (non-hydrogen) atoms. The van der Waals surface area contributed by atoms with E-state index in [0.717, 1.165) is 0 Å². The van der Waals surface area contributed by atoms with Crippen LogP contribution in [0.5, 0.6) is 0 Å². The minimum Gasteiger partial charge on any atom is -0.285 e. The van der Waals surface area contributed by atoms with Crippen molar-refractivity contribution in [3.63, 3.8) is 0 Å². The molecule has 0 spiro atoms.